The smallest absolute Gasteiger partial charge is 0.137 e. The predicted octanol–water partition coefficient (Wildman–Crippen LogP) is 2.17. The molecule has 2 rings (SSSR count). The Hall–Kier alpha value is -1.91. The highest BCUT2D eigenvalue weighted by atomic mass is 16.3. The van der Waals surface area contributed by atoms with Crippen molar-refractivity contribution in [1.29, 1.82) is 10.5 Å². The molecule has 0 aromatic heterocycles. The van der Waals surface area contributed by atoms with Crippen LogP contribution in [0.15, 0.2) is 23.3 Å². The van der Waals surface area contributed by atoms with Crippen molar-refractivity contribution in [3.05, 3.63) is 23.3 Å². The number of ketones is 1. The van der Waals surface area contributed by atoms with Gasteiger partial charge in [0, 0.05) is 24.0 Å². The predicted molar refractivity (Wildman–Crippen MR) is 66.1 cm³/mol. The zero-order valence-corrected chi connectivity index (χ0v) is 10.2. The van der Waals surface area contributed by atoms with E-state index in [1.54, 1.807) is 6.08 Å². The van der Waals surface area contributed by atoms with Gasteiger partial charge in [0.05, 0.1) is 18.2 Å². The lowest BCUT2D eigenvalue weighted by molar-refractivity contribution is -0.118. The lowest BCUT2D eigenvalue weighted by Crippen LogP contribution is -2.09. The van der Waals surface area contributed by atoms with Gasteiger partial charge in [0.25, 0.3) is 0 Å². The van der Waals surface area contributed by atoms with Crippen LogP contribution in [0.5, 0.6) is 0 Å². The summed E-state index contributed by atoms with van der Waals surface area (Å²) in [4.78, 5) is 10.6. The van der Waals surface area contributed by atoms with Gasteiger partial charge in [-0.1, -0.05) is 12.2 Å². The second-order valence-electron chi connectivity index (χ2n) is 4.35. The zero-order chi connectivity index (χ0) is 13.4. The average Bonchev–Trinajstić information content (AvgIpc) is 2.41. The Bertz CT molecular complexity index is 449. The number of rotatable bonds is 0. The minimum absolute atomic E-state index is 0.206. The molecule has 4 heteroatoms. The largest absolute Gasteiger partial charge is 0.393 e. The second kappa shape index (κ2) is 7.42. The molecule has 4 nitrogen and oxygen atoms in total. The van der Waals surface area contributed by atoms with Crippen LogP contribution in [0.1, 0.15) is 38.5 Å². The lowest BCUT2D eigenvalue weighted by atomic mass is 9.98. The molecule has 0 heterocycles. The van der Waals surface area contributed by atoms with Gasteiger partial charge >= 0.3 is 0 Å². The van der Waals surface area contributed by atoms with Gasteiger partial charge in [0.15, 0.2) is 0 Å². The third-order valence-corrected chi connectivity index (χ3v) is 2.92. The van der Waals surface area contributed by atoms with Crippen molar-refractivity contribution in [2.24, 2.45) is 0 Å². The number of aliphatic hydroxyl groups is 1. The fraction of sp³-hybridized carbons (Fsp3) is 0.500. The molecule has 18 heavy (non-hydrogen) atoms. The highest BCUT2D eigenvalue weighted by molar-refractivity contribution is 5.81. The molecule has 0 aromatic carbocycles. The Labute approximate surface area is 107 Å². The van der Waals surface area contributed by atoms with Crippen LogP contribution in [0.3, 0.4) is 0 Å². The van der Waals surface area contributed by atoms with E-state index in [0.29, 0.717) is 25.7 Å². The van der Waals surface area contributed by atoms with Gasteiger partial charge in [-0.2, -0.15) is 10.5 Å². The molecule has 0 spiro atoms. The molecular weight excluding hydrogens is 228 g/mol. The van der Waals surface area contributed by atoms with Crippen LogP contribution in [0.2, 0.25) is 0 Å². The monoisotopic (exact) mass is 244 g/mol. The summed E-state index contributed by atoms with van der Waals surface area (Å²) in [5.74, 6) is 0.244. The van der Waals surface area contributed by atoms with Crippen LogP contribution in [-0.2, 0) is 4.79 Å². The number of nitriles is 2. The second-order valence-corrected chi connectivity index (χ2v) is 4.35. The Morgan fingerprint density at radius 1 is 1.11 bits per heavy atom. The number of aliphatic hydroxyl groups excluding tert-OH is 1. The number of allylic oxidation sites excluding steroid dienone is 3. The van der Waals surface area contributed by atoms with Gasteiger partial charge in [-0.15, -0.1) is 0 Å². The Kier molecular flexibility index (Phi) is 5.84. The number of carbonyl (C=O) groups is 1. The van der Waals surface area contributed by atoms with Crippen molar-refractivity contribution in [3.8, 4) is 12.1 Å². The fourth-order valence-electron chi connectivity index (χ4n) is 1.74. The topological polar surface area (TPSA) is 84.9 Å². The first-order valence-electron chi connectivity index (χ1n) is 6.03. The van der Waals surface area contributed by atoms with E-state index >= 15 is 0 Å². The van der Waals surface area contributed by atoms with E-state index in [1.807, 2.05) is 12.1 Å². The standard InChI is InChI=1S/C7H9NO.C7H7NO/c2*8-5-6-1-3-7(9)4-2-6/h1,7,9H,2-4H2;1H,2-4H2. The van der Waals surface area contributed by atoms with Gasteiger partial charge in [-0.05, 0) is 25.7 Å². The summed E-state index contributed by atoms with van der Waals surface area (Å²) in [5, 5.41) is 25.7. The van der Waals surface area contributed by atoms with E-state index in [2.05, 4.69) is 6.07 Å². The lowest BCUT2D eigenvalue weighted by Gasteiger charge is -2.12. The van der Waals surface area contributed by atoms with Gasteiger partial charge < -0.3 is 5.11 Å². The number of hydrogen-bond donors (Lipinski definition) is 1. The van der Waals surface area contributed by atoms with E-state index in [0.717, 1.165) is 24.0 Å². The van der Waals surface area contributed by atoms with Crippen molar-refractivity contribution in [2.45, 2.75) is 44.6 Å². The molecule has 2 aliphatic rings. The van der Waals surface area contributed by atoms with Crippen molar-refractivity contribution >= 4 is 5.78 Å². The first-order chi connectivity index (χ1) is 8.65. The zero-order valence-electron chi connectivity index (χ0n) is 10.2. The Morgan fingerprint density at radius 2 is 1.78 bits per heavy atom. The summed E-state index contributed by atoms with van der Waals surface area (Å²) in [6.07, 6.45) is 7.14. The summed E-state index contributed by atoms with van der Waals surface area (Å²) in [6.45, 7) is 0. The molecule has 1 atom stereocenters. The molecule has 0 radical (unpaired) electrons. The molecule has 0 saturated carbocycles. The van der Waals surface area contributed by atoms with Crippen LogP contribution in [-0.4, -0.2) is 17.0 Å². The molecule has 0 amide bonds. The van der Waals surface area contributed by atoms with E-state index < -0.39 is 0 Å². The van der Waals surface area contributed by atoms with E-state index in [9.17, 15) is 4.79 Å². The van der Waals surface area contributed by atoms with Crippen molar-refractivity contribution in [2.75, 3.05) is 0 Å². The molecule has 1 unspecified atom stereocenters. The molecule has 0 bridgehead atoms. The SMILES string of the molecule is N#CC1=CCC(=O)CC1.N#CC1=CCC(O)CC1. The maximum absolute atomic E-state index is 10.6. The van der Waals surface area contributed by atoms with Crippen molar-refractivity contribution in [1.82, 2.24) is 0 Å². The summed E-state index contributed by atoms with van der Waals surface area (Å²) in [6, 6.07) is 4.11. The van der Waals surface area contributed by atoms with Crippen molar-refractivity contribution in [3.63, 3.8) is 0 Å². The molecule has 2 aliphatic carbocycles. The van der Waals surface area contributed by atoms with Gasteiger partial charge in [0.2, 0.25) is 0 Å². The van der Waals surface area contributed by atoms with Crippen molar-refractivity contribution < 1.29 is 9.90 Å². The summed E-state index contributed by atoms with van der Waals surface area (Å²) in [7, 11) is 0. The highest BCUT2D eigenvalue weighted by Gasteiger charge is 2.09. The van der Waals surface area contributed by atoms with E-state index in [-0.39, 0.29) is 11.9 Å². The van der Waals surface area contributed by atoms with E-state index in [4.69, 9.17) is 15.6 Å². The Morgan fingerprint density at radius 3 is 2.22 bits per heavy atom. The summed E-state index contributed by atoms with van der Waals surface area (Å²) < 4.78 is 0. The molecule has 0 aromatic rings. The average molecular weight is 244 g/mol. The highest BCUT2D eigenvalue weighted by Crippen LogP contribution is 2.16. The van der Waals surface area contributed by atoms with E-state index in [1.165, 1.54) is 0 Å². The number of carbonyl (C=O) groups excluding carboxylic acids is 1. The van der Waals surface area contributed by atoms with Crippen LogP contribution >= 0.6 is 0 Å². The third-order valence-electron chi connectivity index (χ3n) is 2.92. The minimum Gasteiger partial charge on any atom is -0.393 e. The Balaban J connectivity index is 0.000000180. The minimum atomic E-state index is -0.206. The van der Waals surface area contributed by atoms with Crippen LogP contribution in [0.4, 0.5) is 0 Å². The maximum atomic E-state index is 10.6. The van der Waals surface area contributed by atoms with Gasteiger partial charge in [-0.25, -0.2) is 0 Å². The van der Waals surface area contributed by atoms with Gasteiger partial charge in [-0.3, -0.25) is 4.79 Å². The number of nitrogens with zero attached hydrogens (tertiary/aromatic N) is 2. The molecule has 94 valence electrons. The summed E-state index contributed by atoms with van der Waals surface area (Å²) >= 11 is 0. The number of Topliss-reactive ketones (excluding diaryl/α,β-unsaturated/α-hetero) is 1. The fourth-order valence-corrected chi connectivity index (χ4v) is 1.74. The molecule has 1 N–H and O–H groups in total. The van der Waals surface area contributed by atoms with Crippen LogP contribution < -0.4 is 0 Å². The number of hydrogen-bond acceptors (Lipinski definition) is 4. The van der Waals surface area contributed by atoms with Gasteiger partial charge in [0.1, 0.15) is 5.78 Å². The van der Waals surface area contributed by atoms with Crippen LogP contribution in [0, 0.1) is 22.7 Å². The third kappa shape index (κ3) is 4.95. The molecular formula is C14H16N2O2. The molecule has 0 saturated heterocycles. The first-order valence-corrected chi connectivity index (χ1v) is 6.03. The summed E-state index contributed by atoms with van der Waals surface area (Å²) in [5.41, 5.74) is 1.58. The molecule has 0 fully saturated rings. The molecule has 0 aliphatic heterocycles. The normalized spacial score (nSPS) is 22.6. The first kappa shape index (κ1) is 14.2. The van der Waals surface area contributed by atoms with Crippen LogP contribution in [0.25, 0.3) is 0 Å². The maximum Gasteiger partial charge on any atom is 0.137 e. The quantitative estimate of drug-likeness (QED) is 0.707.